The molecule has 5 heteroatoms. The van der Waals surface area contributed by atoms with Gasteiger partial charge in [-0.3, -0.25) is 4.79 Å². The molecule has 0 spiro atoms. The van der Waals surface area contributed by atoms with Gasteiger partial charge in [-0.25, -0.2) is 0 Å². The van der Waals surface area contributed by atoms with Crippen molar-refractivity contribution < 1.29 is 9.53 Å². The molecule has 0 fully saturated rings. The molecular formula is C19H25N3O2. The second kappa shape index (κ2) is 8.82. The van der Waals surface area contributed by atoms with Gasteiger partial charge in [0.15, 0.2) is 0 Å². The van der Waals surface area contributed by atoms with Gasteiger partial charge in [0.25, 0.3) is 0 Å². The van der Waals surface area contributed by atoms with Gasteiger partial charge < -0.3 is 20.3 Å². The smallest absolute Gasteiger partial charge is 0.243 e. The van der Waals surface area contributed by atoms with Crippen LogP contribution in [0.25, 0.3) is 0 Å². The maximum absolute atomic E-state index is 12.1. The Morgan fingerprint density at radius 1 is 1.04 bits per heavy atom. The van der Waals surface area contributed by atoms with Crippen LogP contribution in [-0.4, -0.2) is 32.7 Å². The molecule has 5 nitrogen and oxygen atoms in total. The molecule has 0 bridgehead atoms. The molecule has 24 heavy (non-hydrogen) atoms. The van der Waals surface area contributed by atoms with Gasteiger partial charge in [0, 0.05) is 24.5 Å². The zero-order valence-corrected chi connectivity index (χ0v) is 14.5. The van der Waals surface area contributed by atoms with E-state index in [4.69, 9.17) is 4.74 Å². The summed E-state index contributed by atoms with van der Waals surface area (Å²) in [7, 11) is 1.58. The number of carbonyl (C=O) groups excluding carboxylic acids is 1. The van der Waals surface area contributed by atoms with Gasteiger partial charge >= 0.3 is 0 Å². The van der Waals surface area contributed by atoms with E-state index in [9.17, 15) is 4.79 Å². The summed E-state index contributed by atoms with van der Waals surface area (Å²) in [5.41, 5.74) is 2.77. The first-order valence-electron chi connectivity index (χ1n) is 8.19. The first-order chi connectivity index (χ1) is 11.7. The van der Waals surface area contributed by atoms with Gasteiger partial charge in [0.05, 0.1) is 19.3 Å². The van der Waals surface area contributed by atoms with E-state index in [-0.39, 0.29) is 12.5 Å². The van der Waals surface area contributed by atoms with Crippen LogP contribution in [0, 0.1) is 0 Å². The standard InChI is InChI=1S/C19H25N3O2/c1-4-22(5-2)16-12-10-15(11-13-16)20-14-19(23)21-17-8-6-7-9-18(17)24-3/h6-13,20H,4-5,14H2,1-3H3,(H,21,23). The Morgan fingerprint density at radius 2 is 1.71 bits per heavy atom. The number of nitrogens with zero attached hydrogens (tertiary/aromatic N) is 1. The number of amides is 1. The fraction of sp³-hybridized carbons (Fsp3) is 0.316. The minimum Gasteiger partial charge on any atom is -0.495 e. The lowest BCUT2D eigenvalue weighted by atomic mass is 10.2. The number of ether oxygens (including phenoxy) is 1. The number of benzene rings is 2. The molecule has 128 valence electrons. The maximum Gasteiger partial charge on any atom is 0.243 e. The zero-order valence-electron chi connectivity index (χ0n) is 14.5. The number of hydrogen-bond acceptors (Lipinski definition) is 4. The fourth-order valence-corrected chi connectivity index (χ4v) is 2.50. The van der Waals surface area contributed by atoms with Crippen molar-refractivity contribution in [3.05, 3.63) is 48.5 Å². The zero-order chi connectivity index (χ0) is 17.4. The molecule has 2 aromatic carbocycles. The molecule has 2 aromatic rings. The minimum absolute atomic E-state index is 0.118. The first-order valence-corrected chi connectivity index (χ1v) is 8.19. The Balaban J connectivity index is 1.90. The van der Waals surface area contributed by atoms with Crippen molar-refractivity contribution in [1.29, 1.82) is 0 Å². The maximum atomic E-state index is 12.1. The van der Waals surface area contributed by atoms with Crippen LogP contribution in [0.5, 0.6) is 5.75 Å². The molecule has 2 N–H and O–H groups in total. The Hall–Kier alpha value is -2.69. The third-order valence-corrected chi connectivity index (χ3v) is 3.83. The van der Waals surface area contributed by atoms with E-state index < -0.39 is 0 Å². The van der Waals surface area contributed by atoms with Gasteiger partial charge in [0.2, 0.25) is 5.91 Å². The number of anilines is 3. The highest BCUT2D eigenvalue weighted by molar-refractivity contribution is 5.95. The van der Waals surface area contributed by atoms with Crippen LogP contribution in [0.3, 0.4) is 0 Å². The molecule has 0 atom stereocenters. The van der Waals surface area contributed by atoms with Crippen LogP contribution in [-0.2, 0) is 4.79 Å². The van der Waals surface area contributed by atoms with Gasteiger partial charge in [-0.1, -0.05) is 12.1 Å². The summed E-state index contributed by atoms with van der Waals surface area (Å²) in [4.78, 5) is 14.4. The van der Waals surface area contributed by atoms with Crippen LogP contribution in [0.15, 0.2) is 48.5 Å². The number of para-hydroxylation sites is 2. The molecule has 0 radical (unpaired) electrons. The number of rotatable bonds is 8. The Kier molecular flexibility index (Phi) is 6.49. The Bertz CT molecular complexity index is 652. The average molecular weight is 327 g/mol. The van der Waals surface area contributed by atoms with E-state index in [1.807, 2.05) is 36.4 Å². The van der Waals surface area contributed by atoms with Crippen molar-refractivity contribution in [3.8, 4) is 5.75 Å². The predicted molar refractivity (Wildman–Crippen MR) is 100 cm³/mol. The minimum atomic E-state index is -0.118. The lowest BCUT2D eigenvalue weighted by Gasteiger charge is -2.21. The van der Waals surface area contributed by atoms with Gasteiger partial charge in [-0.15, -0.1) is 0 Å². The van der Waals surface area contributed by atoms with Gasteiger partial charge in [-0.2, -0.15) is 0 Å². The van der Waals surface area contributed by atoms with Crippen molar-refractivity contribution in [2.45, 2.75) is 13.8 Å². The quantitative estimate of drug-likeness (QED) is 0.778. The highest BCUT2D eigenvalue weighted by Gasteiger charge is 2.07. The van der Waals surface area contributed by atoms with E-state index in [0.717, 1.165) is 18.8 Å². The molecule has 2 rings (SSSR count). The van der Waals surface area contributed by atoms with Crippen LogP contribution in [0.1, 0.15) is 13.8 Å². The topological polar surface area (TPSA) is 53.6 Å². The Labute approximate surface area is 143 Å². The van der Waals surface area contributed by atoms with Crippen molar-refractivity contribution in [3.63, 3.8) is 0 Å². The van der Waals surface area contributed by atoms with Crippen molar-refractivity contribution >= 4 is 23.0 Å². The molecule has 0 saturated heterocycles. The SMILES string of the molecule is CCN(CC)c1ccc(NCC(=O)Nc2ccccc2OC)cc1. The number of hydrogen-bond donors (Lipinski definition) is 2. The molecule has 1 amide bonds. The van der Waals surface area contributed by atoms with Crippen molar-refractivity contribution in [1.82, 2.24) is 0 Å². The number of methoxy groups -OCH3 is 1. The molecule has 0 aliphatic rings. The number of carbonyl (C=O) groups is 1. The predicted octanol–water partition coefficient (Wildman–Crippen LogP) is 3.59. The molecule has 0 saturated carbocycles. The number of nitrogens with one attached hydrogen (secondary N) is 2. The van der Waals surface area contributed by atoms with Crippen LogP contribution in [0.2, 0.25) is 0 Å². The van der Waals surface area contributed by atoms with E-state index in [1.54, 1.807) is 7.11 Å². The average Bonchev–Trinajstić information content (AvgIpc) is 2.62. The summed E-state index contributed by atoms with van der Waals surface area (Å²) in [6.45, 7) is 6.42. The second-order valence-corrected chi connectivity index (χ2v) is 5.32. The summed E-state index contributed by atoms with van der Waals surface area (Å²) in [5, 5.41) is 5.98. The second-order valence-electron chi connectivity index (χ2n) is 5.32. The summed E-state index contributed by atoms with van der Waals surface area (Å²) < 4.78 is 5.23. The molecule has 0 aliphatic carbocycles. The van der Waals surface area contributed by atoms with Crippen LogP contribution >= 0.6 is 0 Å². The summed E-state index contributed by atoms with van der Waals surface area (Å²) >= 11 is 0. The molecule has 0 unspecified atom stereocenters. The van der Waals surface area contributed by atoms with E-state index in [1.165, 1.54) is 5.69 Å². The van der Waals surface area contributed by atoms with Gasteiger partial charge in [-0.05, 0) is 50.2 Å². The molecule has 0 aromatic heterocycles. The fourth-order valence-electron chi connectivity index (χ4n) is 2.50. The third-order valence-electron chi connectivity index (χ3n) is 3.83. The van der Waals surface area contributed by atoms with Crippen molar-refractivity contribution in [2.75, 3.05) is 42.3 Å². The van der Waals surface area contributed by atoms with Gasteiger partial charge in [0.1, 0.15) is 5.75 Å². The summed E-state index contributed by atoms with van der Waals surface area (Å²) in [5.74, 6) is 0.529. The van der Waals surface area contributed by atoms with E-state index in [0.29, 0.717) is 11.4 Å². The van der Waals surface area contributed by atoms with E-state index >= 15 is 0 Å². The lowest BCUT2D eigenvalue weighted by Crippen LogP contribution is -2.23. The lowest BCUT2D eigenvalue weighted by molar-refractivity contribution is -0.114. The molecule has 0 heterocycles. The highest BCUT2D eigenvalue weighted by Crippen LogP contribution is 2.23. The van der Waals surface area contributed by atoms with Crippen LogP contribution < -0.4 is 20.3 Å². The largest absolute Gasteiger partial charge is 0.495 e. The Morgan fingerprint density at radius 3 is 2.33 bits per heavy atom. The molecule has 0 aliphatic heterocycles. The first kappa shape index (κ1) is 17.7. The van der Waals surface area contributed by atoms with E-state index in [2.05, 4.69) is 41.5 Å². The molecular weight excluding hydrogens is 302 g/mol. The van der Waals surface area contributed by atoms with Crippen LogP contribution in [0.4, 0.5) is 17.1 Å². The third kappa shape index (κ3) is 4.65. The monoisotopic (exact) mass is 327 g/mol. The highest BCUT2D eigenvalue weighted by atomic mass is 16.5. The van der Waals surface area contributed by atoms with Crippen molar-refractivity contribution in [2.24, 2.45) is 0 Å². The normalized spacial score (nSPS) is 10.1. The summed E-state index contributed by atoms with van der Waals surface area (Å²) in [6.07, 6.45) is 0. The summed E-state index contributed by atoms with van der Waals surface area (Å²) in [6, 6.07) is 15.5.